The number of hydrogen-bond donors (Lipinski definition) is 2. The van der Waals surface area contributed by atoms with Crippen LogP contribution in [0.5, 0.6) is 0 Å². The van der Waals surface area contributed by atoms with Crippen molar-refractivity contribution in [2.75, 3.05) is 26.2 Å². The van der Waals surface area contributed by atoms with Crippen LogP contribution in [-0.4, -0.2) is 48.6 Å². The molecule has 112 valence electrons. The van der Waals surface area contributed by atoms with Gasteiger partial charge < -0.3 is 10.2 Å². The second kappa shape index (κ2) is 7.33. The highest BCUT2D eigenvalue weighted by atomic mass is 15.3. The third-order valence-corrected chi connectivity index (χ3v) is 3.93. The average molecular weight is 285 g/mol. The molecule has 0 spiro atoms. The van der Waals surface area contributed by atoms with E-state index in [4.69, 9.17) is 0 Å². The number of hydrogen-bond acceptors (Lipinski definition) is 5. The van der Waals surface area contributed by atoms with E-state index in [2.05, 4.69) is 25.5 Å². The largest absolute Gasteiger partial charge is 0.357 e. The fraction of sp³-hybridized carbons (Fsp3) is 0.500. The van der Waals surface area contributed by atoms with Crippen LogP contribution in [0.25, 0.3) is 5.57 Å². The Balaban J connectivity index is 1.41. The van der Waals surface area contributed by atoms with Crippen molar-refractivity contribution in [3.8, 4) is 0 Å². The standard InChI is InChI=1S/C16H23N5/c1-4-9-21(10-5-1)11-8-18-16-19-12-14(13-20-16)15-6-2-3-7-17-15/h2-3,6-7,12-13,16,18-19H,1,4-5,8-11H2. The van der Waals surface area contributed by atoms with Crippen molar-refractivity contribution in [3.63, 3.8) is 0 Å². The van der Waals surface area contributed by atoms with Crippen LogP contribution in [0.3, 0.4) is 0 Å². The molecule has 2 aliphatic rings. The summed E-state index contributed by atoms with van der Waals surface area (Å²) >= 11 is 0. The summed E-state index contributed by atoms with van der Waals surface area (Å²) in [5.74, 6) is 0. The van der Waals surface area contributed by atoms with Gasteiger partial charge in [0.05, 0.1) is 5.69 Å². The first-order valence-corrected chi connectivity index (χ1v) is 7.78. The van der Waals surface area contributed by atoms with E-state index in [0.29, 0.717) is 0 Å². The van der Waals surface area contributed by atoms with E-state index in [9.17, 15) is 0 Å². The van der Waals surface area contributed by atoms with Gasteiger partial charge in [-0.1, -0.05) is 12.5 Å². The van der Waals surface area contributed by atoms with Gasteiger partial charge in [-0.3, -0.25) is 15.3 Å². The molecule has 3 rings (SSSR count). The van der Waals surface area contributed by atoms with Gasteiger partial charge in [-0.05, 0) is 38.1 Å². The van der Waals surface area contributed by atoms with Gasteiger partial charge in [-0.2, -0.15) is 0 Å². The maximum absolute atomic E-state index is 4.50. The third kappa shape index (κ3) is 4.12. The average Bonchev–Trinajstić information content (AvgIpc) is 2.57. The number of likely N-dealkylation sites (tertiary alicyclic amines) is 1. The van der Waals surface area contributed by atoms with Crippen LogP contribution in [-0.2, 0) is 0 Å². The van der Waals surface area contributed by atoms with Crippen molar-refractivity contribution >= 4 is 11.8 Å². The SMILES string of the molecule is C1=NC(NCCN2CCCCC2)NC=C1c1ccccn1. The number of aliphatic imine (C=N–C) groups is 1. The van der Waals surface area contributed by atoms with Crippen LogP contribution >= 0.6 is 0 Å². The molecule has 0 aliphatic carbocycles. The molecular weight excluding hydrogens is 262 g/mol. The number of piperidine rings is 1. The van der Waals surface area contributed by atoms with Crippen molar-refractivity contribution in [2.24, 2.45) is 4.99 Å². The molecular formula is C16H23N5. The Morgan fingerprint density at radius 3 is 2.86 bits per heavy atom. The van der Waals surface area contributed by atoms with Crippen molar-refractivity contribution in [3.05, 3.63) is 36.3 Å². The topological polar surface area (TPSA) is 52.6 Å². The summed E-state index contributed by atoms with van der Waals surface area (Å²) in [6.45, 7) is 4.55. The van der Waals surface area contributed by atoms with Gasteiger partial charge in [-0.25, -0.2) is 0 Å². The molecule has 1 unspecified atom stereocenters. The summed E-state index contributed by atoms with van der Waals surface area (Å²) < 4.78 is 0. The molecule has 1 atom stereocenters. The van der Waals surface area contributed by atoms with Crippen molar-refractivity contribution in [2.45, 2.75) is 25.6 Å². The number of pyridine rings is 1. The molecule has 1 aromatic heterocycles. The highest BCUT2D eigenvalue weighted by molar-refractivity contribution is 6.09. The lowest BCUT2D eigenvalue weighted by molar-refractivity contribution is 0.225. The monoisotopic (exact) mass is 285 g/mol. The van der Waals surface area contributed by atoms with Gasteiger partial charge >= 0.3 is 0 Å². The quantitative estimate of drug-likeness (QED) is 0.860. The molecule has 5 heteroatoms. The Morgan fingerprint density at radius 1 is 1.24 bits per heavy atom. The molecule has 2 N–H and O–H groups in total. The van der Waals surface area contributed by atoms with Crippen LogP contribution < -0.4 is 10.6 Å². The Bertz CT molecular complexity index is 491. The van der Waals surface area contributed by atoms with Gasteiger partial charge in [0.15, 0.2) is 6.29 Å². The fourth-order valence-electron chi connectivity index (χ4n) is 2.73. The first-order chi connectivity index (χ1) is 10.4. The van der Waals surface area contributed by atoms with E-state index in [1.54, 1.807) is 6.20 Å². The summed E-state index contributed by atoms with van der Waals surface area (Å²) in [5.41, 5.74) is 1.96. The molecule has 1 fully saturated rings. The van der Waals surface area contributed by atoms with Crippen LogP contribution in [0.15, 0.2) is 35.6 Å². The number of allylic oxidation sites excluding steroid dienone is 1. The Hall–Kier alpha value is -1.72. The summed E-state index contributed by atoms with van der Waals surface area (Å²) in [4.78, 5) is 11.3. The molecule has 0 bridgehead atoms. The number of aromatic nitrogens is 1. The summed E-state index contributed by atoms with van der Waals surface area (Å²) in [6, 6.07) is 5.89. The molecule has 1 aromatic rings. The van der Waals surface area contributed by atoms with E-state index in [-0.39, 0.29) is 6.29 Å². The fourth-order valence-corrected chi connectivity index (χ4v) is 2.73. The lowest BCUT2D eigenvalue weighted by Gasteiger charge is -2.27. The normalized spacial score (nSPS) is 22.7. The third-order valence-electron chi connectivity index (χ3n) is 3.93. The Morgan fingerprint density at radius 2 is 2.14 bits per heavy atom. The van der Waals surface area contributed by atoms with E-state index in [1.807, 2.05) is 30.6 Å². The second-order valence-corrected chi connectivity index (χ2v) is 5.52. The molecule has 21 heavy (non-hydrogen) atoms. The molecule has 2 aliphatic heterocycles. The van der Waals surface area contributed by atoms with E-state index in [0.717, 1.165) is 24.4 Å². The summed E-state index contributed by atoms with van der Waals surface area (Å²) in [5, 5.41) is 6.70. The molecule has 0 saturated carbocycles. The first-order valence-electron chi connectivity index (χ1n) is 7.78. The molecule has 5 nitrogen and oxygen atoms in total. The van der Waals surface area contributed by atoms with Gasteiger partial charge in [0, 0.05) is 37.3 Å². The Labute approximate surface area is 126 Å². The second-order valence-electron chi connectivity index (χ2n) is 5.52. The Kier molecular flexibility index (Phi) is 4.97. The van der Waals surface area contributed by atoms with E-state index < -0.39 is 0 Å². The van der Waals surface area contributed by atoms with E-state index >= 15 is 0 Å². The zero-order valence-corrected chi connectivity index (χ0v) is 12.3. The van der Waals surface area contributed by atoms with E-state index in [1.165, 1.54) is 32.4 Å². The lowest BCUT2D eigenvalue weighted by Crippen LogP contribution is -2.44. The number of rotatable bonds is 5. The highest BCUT2D eigenvalue weighted by Gasteiger charge is 2.12. The molecule has 0 radical (unpaired) electrons. The predicted octanol–water partition coefficient (Wildman–Crippen LogP) is 1.46. The zero-order chi connectivity index (χ0) is 14.3. The zero-order valence-electron chi connectivity index (χ0n) is 12.3. The van der Waals surface area contributed by atoms with Gasteiger partial charge in [0.2, 0.25) is 0 Å². The van der Waals surface area contributed by atoms with Gasteiger partial charge in [0.25, 0.3) is 0 Å². The van der Waals surface area contributed by atoms with Crippen molar-refractivity contribution < 1.29 is 0 Å². The van der Waals surface area contributed by atoms with Crippen LogP contribution in [0, 0.1) is 0 Å². The van der Waals surface area contributed by atoms with Crippen molar-refractivity contribution in [1.82, 2.24) is 20.5 Å². The number of nitrogens with one attached hydrogen (secondary N) is 2. The molecule has 0 amide bonds. The van der Waals surface area contributed by atoms with Crippen LogP contribution in [0.2, 0.25) is 0 Å². The van der Waals surface area contributed by atoms with Crippen LogP contribution in [0.1, 0.15) is 25.0 Å². The lowest BCUT2D eigenvalue weighted by atomic mass is 10.1. The summed E-state index contributed by atoms with van der Waals surface area (Å²) in [7, 11) is 0. The minimum Gasteiger partial charge on any atom is -0.357 e. The highest BCUT2D eigenvalue weighted by Crippen LogP contribution is 2.10. The smallest absolute Gasteiger partial charge is 0.173 e. The maximum atomic E-state index is 4.50. The molecule has 3 heterocycles. The molecule has 1 saturated heterocycles. The minimum absolute atomic E-state index is 0.0257. The van der Waals surface area contributed by atoms with Gasteiger partial charge in [0.1, 0.15) is 0 Å². The first kappa shape index (κ1) is 14.2. The number of nitrogens with zero attached hydrogens (tertiary/aromatic N) is 3. The maximum Gasteiger partial charge on any atom is 0.173 e. The predicted molar refractivity (Wildman–Crippen MR) is 85.9 cm³/mol. The van der Waals surface area contributed by atoms with Gasteiger partial charge in [-0.15, -0.1) is 0 Å². The minimum atomic E-state index is -0.0257. The van der Waals surface area contributed by atoms with Crippen molar-refractivity contribution in [1.29, 1.82) is 0 Å². The molecule has 0 aromatic carbocycles. The summed E-state index contributed by atoms with van der Waals surface area (Å²) in [6.07, 6.45) is 9.71. The van der Waals surface area contributed by atoms with Crippen LogP contribution in [0.4, 0.5) is 0 Å².